The van der Waals surface area contributed by atoms with Crippen molar-refractivity contribution in [1.82, 2.24) is 45.0 Å². The maximum absolute atomic E-state index is 13.0. The van der Waals surface area contributed by atoms with Crippen molar-refractivity contribution in [1.29, 1.82) is 0 Å². The number of aromatic amines is 1. The highest BCUT2D eigenvalue weighted by Crippen LogP contribution is 2.23. The Morgan fingerprint density at radius 2 is 1.63 bits per heavy atom. The van der Waals surface area contributed by atoms with Crippen LogP contribution in [0.15, 0.2) is 60.8 Å². The van der Waals surface area contributed by atoms with Crippen molar-refractivity contribution in [2.75, 3.05) is 31.5 Å². The number of anilines is 2. The number of nitrogens with zero attached hydrogens (tertiary/aromatic N) is 8. The zero-order valence-electron chi connectivity index (χ0n) is 18.5. The molecular formula is C23H20N10O2. The number of para-hydroxylation sites is 2. The van der Waals surface area contributed by atoms with Crippen molar-refractivity contribution in [3.8, 4) is 0 Å². The monoisotopic (exact) mass is 468 g/mol. The minimum Gasteiger partial charge on any atom is -0.337 e. The highest BCUT2D eigenvalue weighted by molar-refractivity contribution is 5.95. The first-order valence-electron chi connectivity index (χ1n) is 11.1. The summed E-state index contributed by atoms with van der Waals surface area (Å²) in [6, 6.07) is 16.4. The van der Waals surface area contributed by atoms with Gasteiger partial charge in [-0.15, -0.1) is 5.10 Å². The number of hydrogen-bond donors (Lipinski definition) is 2. The number of H-pyrrole nitrogens is 1. The number of tetrazole rings is 1. The maximum atomic E-state index is 13.0. The highest BCUT2D eigenvalue weighted by Gasteiger charge is 2.26. The molecule has 5 aromatic rings. The summed E-state index contributed by atoms with van der Waals surface area (Å²) in [5.74, 6) is 0.341. The Labute approximate surface area is 198 Å². The first-order chi connectivity index (χ1) is 17.2. The second-order valence-corrected chi connectivity index (χ2v) is 8.12. The SMILES string of the molecule is O=C(c1ccc(Nc2nc3ccccc3n3nnnc23)cc1)N1CCN(C(=O)c2ccn[nH]2)CC1. The maximum Gasteiger partial charge on any atom is 0.271 e. The van der Waals surface area contributed by atoms with Crippen molar-refractivity contribution < 1.29 is 9.59 Å². The van der Waals surface area contributed by atoms with E-state index in [1.165, 1.54) is 0 Å². The largest absolute Gasteiger partial charge is 0.337 e. The van der Waals surface area contributed by atoms with E-state index < -0.39 is 0 Å². The second kappa shape index (κ2) is 8.48. The number of carbonyl (C=O) groups excluding carboxylic acids is 2. The summed E-state index contributed by atoms with van der Waals surface area (Å²) >= 11 is 0. The van der Waals surface area contributed by atoms with Crippen molar-refractivity contribution in [3.05, 3.63) is 72.1 Å². The lowest BCUT2D eigenvalue weighted by atomic mass is 10.1. The summed E-state index contributed by atoms with van der Waals surface area (Å²) in [5.41, 5.74) is 3.85. The molecule has 1 fully saturated rings. The summed E-state index contributed by atoms with van der Waals surface area (Å²) in [5, 5.41) is 21.7. The van der Waals surface area contributed by atoms with E-state index in [1.807, 2.05) is 36.4 Å². The Bertz CT molecular complexity index is 1520. The molecule has 3 aromatic heterocycles. The number of aromatic nitrogens is 7. The smallest absolute Gasteiger partial charge is 0.271 e. The molecule has 35 heavy (non-hydrogen) atoms. The molecule has 1 saturated heterocycles. The molecule has 0 saturated carbocycles. The van der Waals surface area contributed by atoms with Crippen LogP contribution in [0.25, 0.3) is 16.7 Å². The van der Waals surface area contributed by atoms with Crippen molar-refractivity contribution in [3.63, 3.8) is 0 Å². The molecule has 0 spiro atoms. The molecule has 1 aliphatic rings. The molecule has 0 unspecified atom stereocenters. The number of hydrogen-bond acceptors (Lipinski definition) is 8. The number of rotatable bonds is 4. The van der Waals surface area contributed by atoms with Crippen LogP contribution in [-0.2, 0) is 0 Å². The third kappa shape index (κ3) is 3.80. The molecular weight excluding hydrogens is 448 g/mol. The zero-order chi connectivity index (χ0) is 23.8. The molecule has 2 N–H and O–H groups in total. The Kier molecular flexibility index (Phi) is 5.02. The van der Waals surface area contributed by atoms with E-state index in [4.69, 9.17) is 0 Å². The van der Waals surface area contributed by atoms with Crippen LogP contribution in [0.1, 0.15) is 20.8 Å². The summed E-state index contributed by atoms with van der Waals surface area (Å²) in [6.45, 7) is 1.88. The van der Waals surface area contributed by atoms with E-state index in [0.717, 1.165) is 16.7 Å². The Hall–Kier alpha value is -4.87. The molecule has 2 aromatic carbocycles. The molecule has 12 nitrogen and oxygen atoms in total. The highest BCUT2D eigenvalue weighted by atomic mass is 16.2. The summed E-state index contributed by atoms with van der Waals surface area (Å²) in [4.78, 5) is 33.6. The number of piperazine rings is 1. The van der Waals surface area contributed by atoms with Crippen LogP contribution in [-0.4, -0.2) is 83.0 Å². The third-order valence-electron chi connectivity index (χ3n) is 6.00. The van der Waals surface area contributed by atoms with Gasteiger partial charge in [0.1, 0.15) is 5.69 Å². The molecule has 6 rings (SSSR count). The Morgan fingerprint density at radius 3 is 2.37 bits per heavy atom. The fourth-order valence-corrected chi connectivity index (χ4v) is 4.16. The van der Waals surface area contributed by atoms with Crippen molar-refractivity contribution >= 4 is 40.0 Å². The van der Waals surface area contributed by atoms with Crippen LogP contribution in [0.2, 0.25) is 0 Å². The summed E-state index contributed by atoms with van der Waals surface area (Å²) in [7, 11) is 0. The number of fused-ring (bicyclic) bond motifs is 3. The lowest BCUT2D eigenvalue weighted by Crippen LogP contribution is -2.50. The molecule has 0 atom stereocenters. The fraction of sp³-hybridized carbons (Fsp3) is 0.174. The Balaban J connectivity index is 1.14. The van der Waals surface area contributed by atoms with E-state index in [1.54, 1.807) is 38.7 Å². The van der Waals surface area contributed by atoms with E-state index in [-0.39, 0.29) is 11.8 Å². The number of amides is 2. The van der Waals surface area contributed by atoms with E-state index in [0.29, 0.717) is 48.9 Å². The van der Waals surface area contributed by atoms with Gasteiger partial charge in [0, 0.05) is 43.6 Å². The lowest BCUT2D eigenvalue weighted by molar-refractivity contribution is 0.0532. The predicted octanol–water partition coefficient (Wildman–Crippen LogP) is 1.74. The minimum absolute atomic E-state index is 0.0712. The second-order valence-electron chi connectivity index (χ2n) is 8.12. The van der Waals surface area contributed by atoms with Gasteiger partial charge in [-0.25, -0.2) is 4.98 Å². The van der Waals surface area contributed by atoms with Crippen LogP contribution >= 0.6 is 0 Å². The van der Waals surface area contributed by atoms with E-state index in [9.17, 15) is 9.59 Å². The lowest BCUT2D eigenvalue weighted by Gasteiger charge is -2.34. The first-order valence-corrected chi connectivity index (χ1v) is 11.1. The topological polar surface area (TPSA) is 137 Å². The molecule has 2 amide bonds. The molecule has 0 bridgehead atoms. The predicted molar refractivity (Wildman–Crippen MR) is 126 cm³/mol. The van der Waals surface area contributed by atoms with Gasteiger partial charge in [-0.3, -0.25) is 14.7 Å². The number of benzene rings is 2. The van der Waals surface area contributed by atoms with Crippen LogP contribution < -0.4 is 5.32 Å². The molecule has 0 radical (unpaired) electrons. The summed E-state index contributed by atoms with van der Waals surface area (Å²) in [6.07, 6.45) is 1.55. The van der Waals surface area contributed by atoms with Crippen LogP contribution in [0.3, 0.4) is 0 Å². The van der Waals surface area contributed by atoms with Gasteiger partial charge in [0.25, 0.3) is 11.8 Å². The van der Waals surface area contributed by atoms with Crippen LogP contribution in [0, 0.1) is 0 Å². The van der Waals surface area contributed by atoms with E-state index >= 15 is 0 Å². The first kappa shape index (κ1) is 20.7. The van der Waals surface area contributed by atoms with Gasteiger partial charge in [-0.2, -0.15) is 9.61 Å². The minimum atomic E-state index is -0.107. The third-order valence-corrected chi connectivity index (χ3v) is 6.00. The molecule has 0 aliphatic carbocycles. The molecule has 12 heteroatoms. The number of carbonyl (C=O) groups is 2. The van der Waals surface area contributed by atoms with Gasteiger partial charge in [-0.1, -0.05) is 12.1 Å². The van der Waals surface area contributed by atoms with Crippen molar-refractivity contribution in [2.45, 2.75) is 0 Å². The standard InChI is InChI=1S/C23H20N10O2/c34-22(31-11-13-32(14-12-31)23(35)18-9-10-24-27-18)15-5-7-16(8-6-15)25-20-21-28-29-30-33(21)19-4-2-1-3-17(19)26-20/h1-10H,11-14H2,(H,24,27)(H,25,26). The van der Waals surface area contributed by atoms with Gasteiger partial charge < -0.3 is 15.1 Å². The Morgan fingerprint density at radius 1 is 0.886 bits per heavy atom. The average Bonchev–Trinajstić information content (AvgIpc) is 3.62. The summed E-state index contributed by atoms with van der Waals surface area (Å²) < 4.78 is 1.64. The van der Waals surface area contributed by atoms with E-state index in [2.05, 4.69) is 36.0 Å². The molecule has 4 heterocycles. The fourth-order valence-electron chi connectivity index (χ4n) is 4.16. The quantitative estimate of drug-likeness (QED) is 0.407. The van der Waals surface area contributed by atoms with Crippen LogP contribution in [0.4, 0.5) is 11.5 Å². The zero-order valence-corrected chi connectivity index (χ0v) is 18.5. The molecule has 1 aliphatic heterocycles. The normalized spacial score (nSPS) is 13.9. The van der Waals surface area contributed by atoms with Gasteiger partial charge in [0.05, 0.1) is 11.0 Å². The van der Waals surface area contributed by atoms with Crippen LogP contribution in [0.5, 0.6) is 0 Å². The van der Waals surface area contributed by atoms with Gasteiger partial charge >= 0.3 is 0 Å². The van der Waals surface area contributed by atoms with Gasteiger partial charge in [0.15, 0.2) is 5.82 Å². The molecule has 174 valence electrons. The van der Waals surface area contributed by atoms with Gasteiger partial charge in [-0.05, 0) is 52.9 Å². The van der Waals surface area contributed by atoms with Gasteiger partial charge in [0.2, 0.25) is 5.65 Å². The number of nitrogens with one attached hydrogen (secondary N) is 2. The van der Waals surface area contributed by atoms with Crippen molar-refractivity contribution in [2.24, 2.45) is 0 Å². The average molecular weight is 468 g/mol.